The highest BCUT2D eigenvalue weighted by atomic mass is 127. The number of methoxy groups -OCH3 is 2. The first kappa shape index (κ1) is 23.4. The molecule has 0 aromatic heterocycles. The highest BCUT2D eigenvalue weighted by Crippen LogP contribution is 2.52. The molecule has 2 amide bonds. The largest absolute Gasteiger partial charge is 0.493 e. The van der Waals surface area contributed by atoms with E-state index in [0.29, 0.717) is 37.1 Å². The number of ether oxygens (including phenoxy) is 2. The Morgan fingerprint density at radius 2 is 1.71 bits per heavy atom. The van der Waals surface area contributed by atoms with Crippen LogP contribution in [0.2, 0.25) is 0 Å². The number of allylic oxidation sites excluding steroid dienone is 2. The van der Waals surface area contributed by atoms with Gasteiger partial charge in [0.15, 0.2) is 17.5 Å². The number of nitrogens with one attached hydrogen (secondary N) is 2. The number of likely N-dealkylation sites (tertiary alicyclic amines) is 1. The minimum Gasteiger partial charge on any atom is -0.493 e. The van der Waals surface area contributed by atoms with E-state index in [1.165, 1.54) is 4.90 Å². The smallest absolute Gasteiger partial charge is 0.233 e. The van der Waals surface area contributed by atoms with Gasteiger partial charge in [0, 0.05) is 26.7 Å². The van der Waals surface area contributed by atoms with E-state index in [4.69, 9.17) is 9.47 Å². The Bertz CT molecular complexity index is 873. The van der Waals surface area contributed by atoms with Crippen LogP contribution in [0.15, 0.2) is 35.3 Å². The third-order valence-electron chi connectivity index (χ3n) is 6.32. The van der Waals surface area contributed by atoms with E-state index < -0.39 is 0 Å². The molecule has 0 spiro atoms. The van der Waals surface area contributed by atoms with Gasteiger partial charge < -0.3 is 20.1 Å². The topological polar surface area (TPSA) is 92.3 Å². The average molecular weight is 540 g/mol. The zero-order valence-corrected chi connectivity index (χ0v) is 20.3. The van der Waals surface area contributed by atoms with Gasteiger partial charge in [-0.2, -0.15) is 0 Å². The second-order valence-electron chi connectivity index (χ2n) is 7.87. The van der Waals surface area contributed by atoms with Gasteiger partial charge in [0.2, 0.25) is 11.8 Å². The summed E-state index contributed by atoms with van der Waals surface area (Å²) in [6, 6.07) is 5.71. The van der Waals surface area contributed by atoms with Crippen LogP contribution in [0, 0.1) is 23.7 Å². The minimum absolute atomic E-state index is 0. The van der Waals surface area contributed by atoms with Crippen molar-refractivity contribution in [3.8, 4) is 11.5 Å². The van der Waals surface area contributed by atoms with Crippen LogP contribution in [0.5, 0.6) is 11.5 Å². The Balaban J connectivity index is 0.00000272. The van der Waals surface area contributed by atoms with Crippen LogP contribution in [0.25, 0.3) is 0 Å². The molecule has 9 heteroatoms. The molecule has 2 aliphatic carbocycles. The molecular weight excluding hydrogens is 511 g/mol. The summed E-state index contributed by atoms with van der Waals surface area (Å²) in [6.07, 6.45) is 5.17. The maximum atomic E-state index is 12.7. The van der Waals surface area contributed by atoms with E-state index >= 15 is 0 Å². The van der Waals surface area contributed by atoms with Crippen molar-refractivity contribution in [2.45, 2.75) is 13.0 Å². The molecule has 4 unspecified atom stereocenters. The molecule has 1 aromatic rings. The van der Waals surface area contributed by atoms with Crippen molar-refractivity contribution in [3.05, 3.63) is 35.9 Å². The van der Waals surface area contributed by atoms with Crippen LogP contribution in [0.3, 0.4) is 0 Å². The van der Waals surface area contributed by atoms with Crippen LogP contribution in [-0.4, -0.2) is 57.0 Å². The summed E-state index contributed by atoms with van der Waals surface area (Å²) in [6.45, 7) is 1.34. The number of benzene rings is 1. The first-order valence-electron chi connectivity index (χ1n) is 10.3. The van der Waals surface area contributed by atoms with Gasteiger partial charge in [-0.15, -0.1) is 24.0 Å². The number of imide groups is 1. The maximum absolute atomic E-state index is 12.7. The van der Waals surface area contributed by atoms with Crippen LogP contribution in [0.4, 0.5) is 0 Å². The number of amides is 2. The highest BCUT2D eigenvalue weighted by Gasteiger charge is 2.58. The zero-order chi connectivity index (χ0) is 21.3. The second-order valence-corrected chi connectivity index (χ2v) is 7.87. The monoisotopic (exact) mass is 540 g/mol. The van der Waals surface area contributed by atoms with Crippen molar-refractivity contribution in [3.63, 3.8) is 0 Å². The molecule has 31 heavy (non-hydrogen) atoms. The van der Waals surface area contributed by atoms with E-state index in [1.54, 1.807) is 21.3 Å². The van der Waals surface area contributed by atoms with Crippen molar-refractivity contribution < 1.29 is 19.1 Å². The fraction of sp³-hybridized carbons (Fsp3) is 0.500. The van der Waals surface area contributed by atoms with Crippen molar-refractivity contribution in [1.82, 2.24) is 15.5 Å². The lowest BCUT2D eigenvalue weighted by Crippen LogP contribution is -2.43. The van der Waals surface area contributed by atoms with Gasteiger partial charge in [0.1, 0.15) is 0 Å². The van der Waals surface area contributed by atoms with E-state index in [2.05, 4.69) is 27.8 Å². The summed E-state index contributed by atoms with van der Waals surface area (Å²) in [5, 5.41) is 6.41. The SMILES string of the molecule is CN=C(NCCN1C(=O)C2C3C=CC(C3)C2C1=O)NCc1ccc(OC)c(OC)c1.I. The van der Waals surface area contributed by atoms with E-state index in [-0.39, 0.29) is 59.5 Å². The van der Waals surface area contributed by atoms with Gasteiger partial charge in [-0.05, 0) is 36.0 Å². The normalized spacial score (nSPS) is 26.0. The van der Waals surface area contributed by atoms with Gasteiger partial charge in [0.05, 0.1) is 26.1 Å². The summed E-state index contributed by atoms with van der Waals surface area (Å²) in [7, 11) is 4.89. The van der Waals surface area contributed by atoms with Gasteiger partial charge in [0.25, 0.3) is 0 Å². The van der Waals surface area contributed by atoms with Crippen LogP contribution in [0.1, 0.15) is 12.0 Å². The van der Waals surface area contributed by atoms with Crippen molar-refractivity contribution in [2.24, 2.45) is 28.7 Å². The van der Waals surface area contributed by atoms with Crippen molar-refractivity contribution in [2.75, 3.05) is 34.4 Å². The fourth-order valence-electron chi connectivity index (χ4n) is 4.87. The second kappa shape index (κ2) is 9.88. The number of halogens is 1. The number of aliphatic imine (C=N–C) groups is 1. The molecule has 2 N–H and O–H groups in total. The molecule has 4 atom stereocenters. The highest BCUT2D eigenvalue weighted by molar-refractivity contribution is 14.0. The first-order chi connectivity index (χ1) is 14.6. The standard InChI is InChI=1S/C22H28N4O4.HI/c1-23-22(25-12-13-4-7-16(29-2)17(10-13)30-3)24-8-9-26-20(27)18-14-5-6-15(11-14)19(18)21(26)28;/h4-7,10,14-15,18-19H,8-9,11-12H2,1-3H3,(H2,23,24,25);1H. The Morgan fingerprint density at radius 3 is 2.29 bits per heavy atom. The predicted molar refractivity (Wildman–Crippen MR) is 128 cm³/mol. The average Bonchev–Trinajstić information content (AvgIpc) is 3.45. The molecule has 4 rings (SSSR count). The Labute approximate surface area is 199 Å². The lowest BCUT2D eigenvalue weighted by atomic mass is 9.85. The molecule has 1 saturated heterocycles. The van der Waals surface area contributed by atoms with Crippen LogP contribution < -0.4 is 20.1 Å². The number of carbonyl (C=O) groups is 2. The number of rotatable bonds is 7. The fourth-order valence-corrected chi connectivity index (χ4v) is 4.87. The molecule has 1 saturated carbocycles. The summed E-state index contributed by atoms with van der Waals surface area (Å²) in [5.74, 6) is 2.11. The summed E-state index contributed by atoms with van der Waals surface area (Å²) >= 11 is 0. The molecular formula is C22H29IN4O4. The summed E-state index contributed by atoms with van der Waals surface area (Å²) in [5.41, 5.74) is 1.01. The van der Waals surface area contributed by atoms with Gasteiger partial charge in [-0.1, -0.05) is 18.2 Å². The molecule has 1 aliphatic heterocycles. The van der Waals surface area contributed by atoms with Crippen molar-refractivity contribution >= 4 is 41.8 Å². The zero-order valence-electron chi connectivity index (χ0n) is 18.0. The van der Waals surface area contributed by atoms with Crippen LogP contribution in [-0.2, 0) is 16.1 Å². The molecule has 168 valence electrons. The quantitative estimate of drug-likeness (QED) is 0.180. The van der Waals surface area contributed by atoms with E-state index in [1.807, 2.05) is 18.2 Å². The lowest BCUT2D eigenvalue weighted by molar-refractivity contribution is -0.140. The van der Waals surface area contributed by atoms with E-state index in [0.717, 1.165) is 12.0 Å². The molecule has 8 nitrogen and oxygen atoms in total. The van der Waals surface area contributed by atoms with Gasteiger partial charge in [-0.3, -0.25) is 19.5 Å². The van der Waals surface area contributed by atoms with Crippen LogP contribution >= 0.6 is 24.0 Å². The van der Waals surface area contributed by atoms with Crippen molar-refractivity contribution in [1.29, 1.82) is 0 Å². The number of hydrogen-bond acceptors (Lipinski definition) is 5. The molecule has 3 aliphatic rings. The first-order valence-corrected chi connectivity index (χ1v) is 10.3. The Morgan fingerprint density at radius 1 is 1.06 bits per heavy atom. The predicted octanol–water partition coefficient (Wildman–Crippen LogP) is 1.79. The molecule has 0 radical (unpaired) electrons. The molecule has 2 fully saturated rings. The third-order valence-corrected chi connectivity index (χ3v) is 6.32. The number of guanidine groups is 1. The maximum Gasteiger partial charge on any atom is 0.233 e. The number of nitrogens with zero attached hydrogens (tertiary/aromatic N) is 2. The minimum atomic E-state index is -0.144. The van der Waals surface area contributed by atoms with E-state index in [9.17, 15) is 9.59 Å². The number of carbonyl (C=O) groups excluding carboxylic acids is 2. The Hall–Kier alpha value is -2.30. The van der Waals surface area contributed by atoms with Gasteiger partial charge in [-0.25, -0.2) is 0 Å². The lowest BCUT2D eigenvalue weighted by Gasteiger charge is -2.19. The number of hydrogen-bond donors (Lipinski definition) is 2. The summed E-state index contributed by atoms with van der Waals surface area (Å²) in [4.78, 5) is 31.1. The summed E-state index contributed by atoms with van der Waals surface area (Å²) < 4.78 is 10.6. The van der Waals surface area contributed by atoms with Gasteiger partial charge >= 0.3 is 0 Å². The Kier molecular flexibility index (Phi) is 7.45. The number of fused-ring (bicyclic) bond motifs is 5. The third kappa shape index (κ3) is 4.37. The molecule has 1 heterocycles. The molecule has 2 bridgehead atoms. The molecule has 1 aromatic carbocycles.